The van der Waals surface area contributed by atoms with Crippen molar-refractivity contribution in [1.29, 1.82) is 0 Å². The zero-order valence-corrected chi connectivity index (χ0v) is 7.06. The van der Waals surface area contributed by atoms with Gasteiger partial charge in [0, 0.05) is 18.5 Å². The van der Waals surface area contributed by atoms with E-state index in [9.17, 15) is 0 Å². The molecule has 2 heteroatoms. The Hall–Kier alpha value is -0.270. The van der Waals surface area contributed by atoms with Gasteiger partial charge in [-0.15, -0.1) is 18.2 Å². The highest BCUT2D eigenvalue weighted by Crippen LogP contribution is 1.81. The van der Waals surface area contributed by atoms with Crippen molar-refractivity contribution in [2.75, 3.05) is 12.4 Å². The van der Waals surface area contributed by atoms with Gasteiger partial charge >= 0.3 is 0 Å². The molecule has 1 nitrogen and oxygen atoms in total. The Balaban J connectivity index is 3.18. The Labute approximate surface area is 67.8 Å². The minimum absolute atomic E-state index is 0.375. The molecule has 1 unspecified atom stereocenters. The fourth-order valence-electron chi connectivity index (χ4n) is 0.484. The molecule has 0 bridgehead atoms. The maximum absolute atomic E-state index is 5.42. The maximum Gasteiger partial charge on any atom is 0.0404 e. The molecule has 0 radical (unpaired) electrons. The van der Waals surface area contributed by atoms with Gasteiger partial charge in [0.05, 0.1) is 0 Å². The van der Waals surface area contributed by atoms with E-state index in [1.807, 2.05) is 18.2 Å². The van der Waals surface area contributed by atoms with Crippen LogP contribution in [0.25, 0.3) is 0 Å². The summed E-state index contributed by atoms with van der Waals surface area (Å²) in [4.78, 5) is 0. The molecule has 0 saturated heterocycles. The second-order valence-corrected chi connectivity index (χ2v) is 2.37. The number of halogens is 1. The van der Waals surface area contributed by atoms with E-state index >= 15 is 0 Å². The summed E-state index contributed by atoms with van der Waals surface area (Å²) < 4.78 is 0. The molecule has 0 aliphatic heterocycles. The predicted molar refractivity (Wildman–Crippen MR) is 47.5 cm³/mol. The maximum atomic E-state index is 5.42. The number of nitrogens with one attached hydrogen (secondary N) is 1. The van der Waals surface area contributed by atoms with Gasteiger partial charge in [0.25, 0.3) is 0 Å². The normalized spacial score (nSPS) is 13.8. The summed E-state index contributed by atoms with van der Waals surface area (Å²) in [5, 5.41) is 3.20. The lowest BCUT2D eigenvalue weighted by Crippen LogP contribution is -2.23. The van der Waals surface area contributed by atoms with Crippen LogP contribution in [0.1, 0.15) is 6.92 Å². The monoisotopic (exact) mass is 159 g/mol. The summed E-state index contributed by atoms with van der Waals surface area (Å²) in [6.07, 6.45) is 5.80. The summed E-state index contributed by atoms with van der Waals surface area (Å²) in [6.45, 7) is 6.56. The lowest BCUT2D eigenvalue weighted by molar-refractivity contribution is 0.686. The number of rotatable bonds is 5. The average molecular weight is 160 g/mol. The number of hydrogen-bond donors (Lipinski definition) is 1. The summed E-state index contributed by atoms with van der Waals surface area (Å²) >= 11 is 5.42. The van der Waals surface area contributed by atoms with Crippen LogP contribution in [0, 0.1) is 0 Å². The Morgan fingerprint density at radius 3 is 2.80 bits per heavy atom. The van der Waals surface area contributed by atoms with Gasteiger partial charge in [-0.1, -0.05) is 18.2 Å². The second-order valence-electron chi connectivity index (χ2n) is 2.06. The molecule has 0 spiro atoms. The van der Waals surface area contributed by atoms with Crippen LogP contribution in [0.2, 0.25) is 0 Å². The molecule has 0 rings (SSSR count). The van der Waals surface area contributed by atoms with E-state index in [0.717, 1.165) is 6.54 Å². The first-order chi connectivity index (χ1) is 4.81. The molecule has 0 aromatic carbocycles. The van der Waals surface area contributed by atoms with Gasteiger partial charge in [-0.25, -0.2) is 0 Å². The van der Waals surface area contributed by atoms with E-state index in [0.29, 0.717) is 11.9 Å². The van der Waals surface area contributed by atoms with Gasteiger partial charge < -0.3 is 5.32 Å². The fraction of sp³-hybridized carbons (Fsp3) is 0.500. The van der Waals surface area contributed by atoms with Crippen molar-refractivity contribution in [3.63, 3.8) is 0 Å². The van der Waals surface area contributed by atoms with Gasteiger partial charge in [-0.2, -0.15) is 0 Å². The van der Waals surface area contributed by atoms with E-state index in [-0.39, 0.29) is 0 Å². The Bertz CT molecular complexity index is 110. The van der Waals surface area contributed by atoms with E-state index in [2.05, 4.69) is 18.8 Å². The van der Waals surface area contributed by atoms with Gasteiger partial charge in [-0.3, -0.25) is 0 Å². The molecule has 0 aliphatic carbocycles. The minimum Gasteiger partial charge on any atom is -0.307 e. The summed E-state index contributed by atoms with van der Waals surface area (Å²) in [7, 11) is 0. The van der Waals surface area contributed by atoms with E-state index < -0.39 is 0 Å². The Morgan fingerprint density at radius 1 is 1.60 bits per heavy atom. The molecule has 58 valence electrons. The lowest BCUT2D eigenvalue weighted by atomic mass is 10.3. The van der Waals surface area contributed by atoms with Gasteiger partial charge in [0.15, 0.2) is 0 Å². The highest BCUT2D eigenvalue weighted by molar-refractivity contribution is 6.18. The second kappa shape index (κ2) is 6.84. The molecular weight excluding hydrogens is 146 g/mol. The summed E-state index contributed by atoms with van der Waals surface area (Å²) in [5.41, 5.74) is 0. The molecule has 0 amide bonds. The van der Waals surface area contributed by atoms with Crippen molar-refractivity contribution in [3.8, 4) is 0 Å². The molecule has 1 N–H and O–H groups in total. The fourth-order valence-corrected chi connectivity index (χ4v) is 0.610. The van der Waals surface area contributed by atoms with Crippen LogP contribution >= 0.6 is 11.6 Å². The van der Waals surface area contributed by atoms with Gasteiger partial charge in [0.1, 0.15) is 0 Å². The molecule has 0 saturated carbocycles. The van der Waals surface area contributed by atoms with Gasteiger partial charge in [0.2, 0.25) is 0 Å². The first kappa shape index (κ1) is 9.73. The Morgan fingerprint density at radius 2 is 2.30 bits per heavy atom. The zero-order valence-electron chi connectivity index (χ0n) is 6.31. The van der Waals surface area contributed by atoms with Crippen molar-refractivity contribution in [1.82, 2.24) is 5.32 Å². The Kier molecular flexibility index (Phi) is 6.66. The minimum atomic E-state index is 0.375. The molecule has 0 heterocycles. The molecule has 1 atom stereocenters. The summed E-state index contributed by atoms with van der Waals surface area (Å²) in [6, 6.07) is 0.375. The van der Waals surface area contributed by atoms with Crippen LogP contribution in [0.5, 0.6) is 0 Å². The van der Waals surface area contributed by atoms with Gasteiger partial charge in [-0.05, 0) is 6.92 Å². The third-order valence-corrected chi connectivity index (χ3v) is 1.35. The third kappa shape index (κ3) is 5.86. The largest absolute Gasteiger partial charge is 0.307 e. The van der Waals surface area contributed by atoms with Crippen molar-refractivity contribution >= 4 is 11.6 Å². The van der Waals surface area contributed by atoms with Crippen molar-refractivity contribution in [2.45, 2.75) is 13.0 Å². The van der Waals surface area contributed by atoms with Crippen LogP contribution in [0.15, 0.2) is 24.8 Å². The van der Waals surface area contributed by atoms with E-state index in [1.165, 1.54) is 0 Å². The van der Waals surface area contributed by atoms with Crippen LogP contribution in [-0.4, -0.2) is 18.5 Å². The zero-order chi connectivity index (χ0) is 7.82. The quantitative estimate of drug-likeness (QED) is 0.478. The number of allylic oxidation sites excluding steroid dienone is 1. The van der Waals surface area contributed by atoms with Crippen LogP contribution in [0.3, 0.4) is 0 Å². The predicted octanol–water partition coefficient (Wildman–Crippen LogP) is 1.95. The smallest absolute Gasteiger partial charge is 0.0404 e. The molecule has 10 heavy (non-hydrogen) atoms. The molecule has 0 aliphatic rings. The standard InChI is InChI=1S/C8H14ClN/c1-3-8(2)10-7-5-4-6-9/h3-5,8,10H,1,6-7H2,2H3/b5-4+. The van der Waals surface area contributed by atoms with Crippen molar-refractivity contribution in [2.24, 2.45) is 0 Å². The van der Waals surface area contributed by atoms with Crippen LogP contribution < -0.4 is 5.32 Å². The topological polar surface area (TPSA) is 12.0 Å². The van der Waals surface area contributed by atoms with E-state index in [4.69, 9.17) is 11.6 Å². The van der Waals surface area contributed by atoms with Crippen molar-refractivity contribution < 1.29 is 0 Å². The SMILES string of the molecule is C=CC(C)NC/C=C/CCl. The van der Waals surface area contributed by atoms with Crippen LogP contribution in [0.4, 0.5) is 0 Å². The first-order valence-electron chi connectivity index (χ1n) is 3.38. The number of hydrogen-bond acceptors (Lipinski definition) is 1. The average Bonchev–Trinajstić information content (AvgIpc) is 1.98. The van der Waals surface area contributed by atoms with Crippen molar-refractivity contribution in [3.05, 3.63) is 24.8 Å². The number of alkyl halides is 1. The van der Waals surface area contributed by atoms with Crippen LogP contribution in [-0.2, 0) is 0 Å². The van der Waals surface area contributed by atoms with E-state index in [1.54, 1.807) is 0 Å². The highest BCUT2D eigenvalue weighted by atomic mass is 35.5. The molecular formula is C8H14ClN. The molecule has 0 aromatic rings. The molecule has 0 aromatic heterocycles. The lowest BCUT2D eigenvalue weighted by Gasteiger charge is -2.04. The molecule has 0 fully saturated rings. The highest BCUT2D eigenvalue weighted by Gasteiger charge is 1.88. The summed E-state index contributed by atoms with van der Waals surface area (Å²) in [5.74, 6) is 0.587. The third-order valence-electron chi connectivity index (χ3n) is 1.17. The first-order valence-corrected chi connectivity index (χ1v) is 3.91.